The zero-order valence-electron chi connectivity index (χ0n) is 10.5. The summed E-state index contributed by atoms with van der Waals surface area (Å²) in [6.07, 6.45) is 14.4. The molecule has 16 heavy (non-hydrogen) atoms. The van der Waals surface area contributed by atoms with Crippen LogP contribution in [0.1, 0.15) is 51.9 Å². The van der Waals surface area contributed by atoms with Gasteiger partial charge in [-0.15, -0.1) is 12.3 Å². The fourth-order valence-electron chi connectivity index (χ4n) is 2.29. The third-order valence-corrected chi connectivity index (χ3v) is 4.74. The fraction of sp³-hybridized carbons (Fsp3) is 0.857. The van der Waals surface area contributed by atoms with Crippen LogP contribution in [0.25, 0.3) is 0 Å². The van der Waals surface area contributed by atoms with Gasteiger partial charge in [-0.1, -0.05) is 19.8 Å². The molecule has 1 N–H and O–H groups in total. The van der Waals surface area contributed by atoms with Crippen molar-refractivity contribution < 1.29 is 0 Å². The van der Waals surface area contributed by atoms with Gasteiger partial charge in [-0.05, 0) is 32.2 Å². The van der Waals surface area contributed by atoms with Gasteiger partial charge in [0.05, 0.1) is 0 Å². The number of hydrogen-bond acceptors (Lipinski definition) is 2. The number of hydrogen-bond donors (Lipinski definition) is 1. The summed E-state index contributed by atoms with van der Waals surface area (Å²) >= 11 is 2.18. The summed E-state index contributed by atoms with van der Waals surface area (Å²) in [6.45, 7) is 3.26. The number of terminal acetylenes is 1. The van der Waals surface area contributed by atoms with Crippen LogP contribution < -0.4 is 5.32 Å². The van der Waals surface area contributed by atoms with E-state index >= 15 is 0 Å². The maximum Gasteiger partial charge on any atom is 0.0158 e. The second-order valence-electron chi connectivity index (χ2n) is 4.59. The van der Waals surface area contributed by atoms with Crippen LogP contribution in [0.2, 0.25) is 0 Å². The lowest BCUT2D eigenvalue weighted by Crippen LogP contribution is -2.31. The highest BCUT2D eigenvalue weighted by molar-refractivity contribution is 7.99. The molecule has 1 unspecified atom stereocenters. The van der Waals surface area contributed by atoms with E-state index in [-0.39, 0.29) is 0 Å². The van der Waals surface area contributed by atoms with Crippen molar-refractivity contribution in [2.75, 3.05) is 12.3 Å². The summed E-state index contributed by atoms with van der Waals surface area (Å²) in [6, 6.07) is 0.670. The molecule has 1 atom stereocenters. The van der Waals surface area contributed by atoms with E-state index in [1.54, 1.807) is 0 Å². The predicted octanol–water partition coefficient (Wildman–Crippen LogP) is 3.44. The zero-order chi connectivity index (χ0) is 11.6. The van der Waals surface area contributed by atoms with Gasteiger partial charge in [0.25, 0.3) is 0 Å². The van der Waals surface area contributed by atoms with Crippen molar-refractivity contribution in [1.82, 2.24) is 5.32 Å². The second kappa shape index (κ2) is 8.96. The van der Waals surface area contributed by atoms with Crippen LogP contribution in [0.15, 0.2) is 0 Å². The largest absolute Gasteiger partial charge is 0.313 e. The lowest BCUT2D eigenvalue weighted by Gasteiger charge is -2.19. The first kappa shape index (κ1) is 13.9. The van der Waals surface area contributed by atoms with Gasteiger partial charge in [0.2, 0.25) is 0 Å². The Hall–Kier alpha value is -0.130. The third-order valence-electron chi connectivity index (χ3n) is 3.20. The van der Waals surface area contributed by atoms with Crippen LogP contribution in [-0.2, 0) is 0 Å². The molecule has 1 saturated carbocycles. The van der Waals surface area contributed by atoms with Gasteiger partial charge < -0.3 is 5.32 Å². The average molecular weight is 239 g/mol. The molecule has 0 heterocycles. The highest BCUT2D eigenvalue weighted by Crippen LogP contribution is 2.30. The quantitative estimate of drug-likeness (QED) is 0.514. The van der Waals surface area contributed by atoms with Gasteiger partial charge in [0.15, 0.2) is 0 Å². The zero-order valence-corrected chi connectivity index (χ0v) is 11.3. The molecule has 0 aromatic carbocycles. The molecule has 0 aromatic heterocycles. The van der Waals surface area contributed by atoms with Gasteiger partial charge in [-0.3, -0.25) is 0 Å². The molecule has 0 bridgehead atoms. The Bertz CT molecular complexity index is 203. The lowest BCUT2D eigenvalue weighted by molar-refractivity contribution is 0.522. The van der Waals surface area contributed by atoms with Crippen LogP contribution in [0, 0.1) is 12.3 Å². The van der Waals surface area contributed by atoms with E-state index in [1.807, 2.05) is 0 Å². The van der Waals surface area contributed by atoms with E-state index in [0.29, 0.717) is 6.04 Å². The molecular formula is C14H25NS. The maximum absolute atomic E-state index is 5.29. The van der Waals surface area contributed by atoms with Gasteiger partial charge >= 0.3 is 0 Å². The third kappa shape index (κ3) is 5.82. The normalized spacial score (nSPS) is 18.5. The molecule has 1 aliphatic carbocycles. The van der Waals surface area contributed by atoms with Gasteiger partial charge in [-0.2, -0.15) is 11.8 Å². The van der Waals surface area contributed by atoms with E-state index in [2.05, 4.69) is 29.9 Å². The lowest BCUT2D eigenvalue weighted by atomic mass is 10.1. The Morgan fingerprint density at radius 3 is 2.81 bits per heavy atom. The maximum atomic E-state index is 5.29. The molecule has 0 amide bonds. The number of nitrogens with one attached hydrogen (secondary N) is 1. The first-order valence-corrected chi connectivity index (χ1v) is 7.70. The predicted molar refractivity (Wildman–Crippen MR) is 74.9 cm³/mol. The van der Waals surface area contributed by atoms with Crippen molar-refractivity contribution in [2.45, 2.75) is 63.2 Å². The minimum atomic E-state index is 0.670. The molecule has 1 aliphatic rings. The number of thioether (sulfide) groups is 1. The molecule has 0 aliphatic heterocycles. The highest BCUT2D eigenvalue weighted by Gasteiger charge is 2.17. The molecule has 1 fully saturated rings. The van der Waals surface area contributed by atoms with Crippen LogP contribution in [-0.4, -0.2) is 23.6 Å². The van der Waals surface area contributed by atoms with Crippen molar-refractivity contribution in [3.63, 3.8) is 0 Å². The summed E-state index contributed by atoms with van der Waals surface area (Å²) in [5, 5.41) is 4.51. The SMILES string of the molecule is C#CCCCC(CSC1CCCC1)NCC. The van der Waals surface area contributed by atoms with Gasteiger partial charge in [0, 0.05) is 23.5 Å². The van der Waals surface area contributed by atoms with Gasteiger partial charge in [0.1, 0.15) is 0 Å². The van der Waals surface area contributed by atoms with Crippen LogP contribution in [0.4, 0.5) is 0 Å². The minimum Gasteiger partial charge on any atom is -0.313 e. The van der Waals surface area contributed by atoms with E-state index in [9.17, 15) is 0 Å². The van der Waals surface area contributed by atoms with Crippen molar-refractivity contribution in [3.05, 3.63) is 0 Å². The van der Waals surface area contributed by atoms with Crippen molar-refractivity contribution >= 4 is 11.8 Å². The Morgan fingerprint density at radius 2 is 2.19 bits per heavy atom. The van der Waals surface area contributed by atoms with Crippen molar-refractivity contribution in [2.24, 2.45) is 0 Å². The first-order chi connectivity index (χ1) is 7.86. The molecule has 1 rings (SSSR count). The van der Waals surface area contributed by atoms with Crippen LogP contribution >= 0.6 is 11.8 Å². The topological polar surface area (TPSA) is 12.0 Å². The Morgan fingerprint density at radius 1 is 1.44 bits per heavy atom. The van der Waals surface area contributed by atoms with E-state index in [0.717, 1.165) is 18.2 Å². The highest BCUT2D eigenvalue weighted by atomic mass is 32.2. The molecule has 2 heteroatoms. The monoisotopic (exact) mass is 239 g/mol. The van der Waals surface area contributed by atoms with Crippen LogP contribution in [0.3, 0.4) is 0 Å². The number of unbranched alkanes of at least 4 members (excludes halogenated alkanes) is 1. The Labute approximate surface area is 105 Å². The summed E-state index contributed by atoms with van der Waals surface area (Å²) in [7, 11) is 0. The Kier molecular flexibility index (Phi) is 7.80. The molecule has 0 saturated heterocycles. The summed E-state index contributed by atoms with van der Waals surface area (Å²) < 4.78 is 0. The van der Waals surface area contributed by atoms with Crippen LogP contribution in [0.5, 0.6) is 0 Å². The molecule has 0 spiro atoms. The molecule has 1 nitrogen and oxygen atoms in total. The standard InChI is InChI=1S/C14H25NS/c1-3-5-6-9-13(15-4-2)12-16-14-10-7-8-11-14/h1,13-15H,4-12H2,2H3. The smallest absolute Gasteiger partial charge is 0.0158 e. The number of rotatable bonds is 8. The summed E-state index contributed by atoms with van der Waals surface area (Å²) in [4.78, 5) is 0. The molecule has 0 radical (unpaired) electrons. The van der Waals surface area contributed by atoms with Gasteiger partial charge in [-0.25, -0.2) is 0 Å². The van der Waals surface area contributed by atoms with Crippen molar-refractivity contribution in [3.8, 4) is 12.3 Å². The second-order valence-corrected chi connectivity index (χ2v) is 5.92. The minimum absolute atomic E-state index is 0.670. The first-order valence-electron chi connectivity index (χ1n) is 6.65. The van der Waals surface area contributed by atoms with E-state index in [1.165, 1.54) is 44.3 Å². The Balaban J connectivity index is 2.13. The fourth-order valence-corrected chi connectivity index (χ4v) is 3.75. The summed E-state index contributed by atoms with van der Waals surface area (Å²) in [5.74, 6) is 3.99. The van der Waals surface area contributed by atoms with E-state index < -0.39 is 0 Å². The molecular weight excluding hydrogens is 214 g/mol. The van der Waals surface area contributed by atoms with E-state index in [4.69, 9.17) is 6.42 Å². The molecule has 0 aromatic rings. The van der Waals surface area contributed by atoms with Crippen molar-refractivity contribution in [1.29, 1.82) is 0 Å². The molecule has 92 valence electrons. The average Bonchev–Trinajstić information content (AvgIpc) is 2.79. The summed E-state index contributed by atoms with van der Waals surface area (Å²) in [5.41, 5.74) is 0.